The van der Waals surface area contributed by atoms with E-state index in [9.17, 15) is 10.2 Å². The first-order valence-electron chi connectivity index (χ1n) is 17.1. The summed E-state index contributed by atoms with van der Waals surface area (Å²) in [6.45, 7) is 14.1. The van der Waals surface area contributed by atoms with Crippen LogP contribution in [0.5, 0.6) is 11.5 Å². The highest BCUT2D eigenvalue weighted by Crippen LogP contribution is 2.47. The molecule has 2 N–H and O–H groups in total. The summed E-state index contributed by atoms with van der Waals surface area (Å²) < 4.78 is 0. The first-order chi connectivity index (χ1) is 19.4. The molecule has 0 atom stereocenters. The lowest BCUT2D eigenvalue weighted by atomic mass is 9.80. The van der Waals surface area contributed by atoms with Crippen molar-refractivity contribution < 1.29 is 10.2 Å². The number of benzene rings is 2. The number of fused-ring (bicyclic) bond motifs is 2. The summed E-state index contributed by atoms with van der Waals surface area (Å²) in [4.78, 5) is 0. The van der Waals surface area contributed by atoms with Gasteiger partial charge >= 0.3 is 0 Å². The van der Waals surface area contributed by atoms with Gasteiger partial charge in [0, 0.05) is 11.1 Å². The van der Waals surface area contributed by atoms with E-state index >= 15 is 0 Å². The lowest BCUT2D eigenvalue weighted by molar-refractivity contribution is 0.470. The highest BCUT2D eigenvalue weighted by atomic mass is 28.3. The van der Waals surface area contributed by atoms with Crippen LogP contribution in [0.2, 0.25) is 36.3 Å². The van der Waals surface area contributed by atoms with Gasteiger partial charge < -0.3 is 10.2 Å². The number of unbranched alkanes of at least 4 members (excludes halogenated alkanes) is 2. The third-order valence-corrected chi connectivity index (χ3v) is 22.4. The molecule has 2 nitrogen and oxygen atoms in total. The van der Waals surface area contributed by atoms with Crippen molar-refractivity contribution in [2.45, 2.75) is 155 Å². The van der Waals surface area contributed by atoms with Crippen molar-refractivity contribution in [2.75, 3.05) is 0 Å². The molecule has 0 aliphatic heterocycles. The van der Waals surface area contributed by atoms with E-state index in [4.69, 9.17) is 0 Å². The first-order valence-corrected chi connectivity index (χ1v) is 22.4. The summed E-state index contributed by atoms with van der Waals surface area (Å²) in [6, 6.07) is 12.2. The van der Waals surface area contributed by atoms with Crippen molar-refractivity contribution in [1.29, 1.82) is 0 Å². The number of phenols is 2. The van der Waals surface area contributed by atoms with E-state index in [1.54, 1.807) is 0 Å². The molecule has 0 saturated carbocycles. The molecule has 0 aromatic heterocycles. The van der Waals surface area contributed by atoms with Gasteiger partial charge in [0.15, 0.2) is 0 Å². The summed E-state index contributed by atoms with van der Waals surface area (Å²) in [6.07, 6.45) is 14.0. The second-order valence-corrected chi connectivity index (χ2v) is 23.2. The van der Waals surface area contributed by atoms with Gasteiger partial charge in [0.25, 0.3) is 0 Å². The summed E-state index contributed by atoms with van der Waals surface area (Å²) in [5, 5.41) is 27.6. The maximum atomic E-state index is 12.5. The van der Waals surface area contributed by atoms with E-state index in [0.717, 1.165) is 36.8 Å². The molecule has 0 fully saturated rings. The van der Waals surface area contributed by atoms with E-state index in [2.05, 4.69) is 53.7 Å². The maximum absolute atomic E-state index is 12.5. The second-order valence-electron chi connectivity index (χ2n) is 13.2. The number of rotatable bonds is 13. The summed E-state index contributed by atoms with van der Waals surface area (Å²) in [5.41, 5.74) is 7.77. The van der Waals surface area contributed by atoms with Crippen LogP contribution in [0, 0.1) is 0 Å². The fraction of sp³-hybridized carbons (Fsp3) is 0.667. The molecular weight excluding hydrogens is 521 g/mol. The van der Waals surface area contributed by atoms with Crippen molar-refractivity contribution in [2.24, 2.45) is 0 Å². The van der Waals surface area contributed by atoms with Crippen molar-refractivity contribution in [3.63, 3.8) is 0 Å². The molecule has 0 heterocycles. The standard InChI is InChI=1S/C36H58O2Si2/c1-7-13-23-39(9-3,10-4)31-25-27-19-15-17-21-29(27)33(35(31)37)34-30-22-18-16-20-28(30)26-32(36(34)38)40(11-5,12-6)24-14-8-2/h25-26,37-38H,7-24H2,1-6H3. The summed E-state index contributed by atoms with van der Waals surface area (Å²) in [7, 11) is -3.73. The predicted molar refractivity (Wildman–Crippen MR) is 181 cm³/mol. The minimum absolute atomic E-state index is 0.557. The van der Waals surface area contributed by atoms with Gasteiger partial charge in [0.2, 0.25) is 0 Å². The van der Waals surface area contributed by atoms with Gasteiger partial charge in [-0.1, -0.05) is 116 Å². The lowest BCUT2D eigenvalue weighted by Crippen LogP contribution is -2.47. The van der Waals surface area contributed by atoms with Gasteiger partial charge in [-0.3, -0.25) is 0 Å². The van der Waals surface area contributed by atoms with Gasteiger partial charge in [-0.2, -0.15) is 0 Å². The third-order valence-electron chi connectivity index (χ3n) is 11.4. The Labute approximate surface area is 248 Å². The molecule has 4 rings (SSSR count). The smallest absolute Gasteiger partial charge is 0.123 e. The lowest BCUT2D eigenvalue weighted by Gasteiger charge is -2.36. The Morgan fingerprint density at radius 1 is 0.550 bits per heavy atom. The SMILES string of the molecule is CCCC[Si](CC)(CC)c1cc2c(c(-c3c(O)c([Si](CC)(CC)CCCC)cc4c3CCCC4)c1O)CCCC2. The number of phenolic OH excluding ortho intramolecular Hbond substituents is 2. The molecular formula is C36H58O2Si2. The summed E-state index contributed by atoms with van der Waals surface area (Å²) >= 11 is 0. The molecule has 0 saturated heterocycles. The zero-order chi connectivity index (χ0) is 28.9. The number of hydrogen-bond acceptors (Lipinski definition) is 2. The number of aryl methyl sites for hydroxylation is 2. The number of aromatic hydroxyl groups is 2. The van der Waals surface area contributed by atoms with Gasteiger partial charge in [0.1, 0.15) is 11.5 Å². The molecule has 0 radical (unpaired) electrons. The van der Waals surface area contributed by atoms with E-state index in [-0.39, 0.29) is 0 Å². The van der Waals surface area contributed by atoms with Crippen molar-refractivity contribution >= 4 is 26.5 Å². The van der Waals surface area contributed by atoms with Gasteiger partial charge in [-0.15, -0.1) is 0 Å². The minimum atomic E-state index is -1.87. The normalized spacial score (nSPS) is 15.7. The van der Waals surface area contributed by atoms with E-state index in [1.165, 1.54) is 120 Å². The molecule has 2 aromatic carbocycles. The van der Waals surface area contributed by atoms with Crippen LogP contribution in [0.3, 0.4) is 0 Å². The van der Waals surface area contributed by atoms with Crippen LogP contribution in [0.4, 0.5) is 0 Å². The van der Waals surface area contributed by atoms with Crippen LogP contribution in [0.25, 0.3) is 11.1 Å². The Kier molecular flexibility index (Phi) is 10.7. The van der Waals surface area contributed by atoms with Gasteiger partial charge in [0.05, 0.1) is 16.1 Å². The van der Waals surface area contributed by atoms with Crippen molar-refractivity contribution in [1.82, 2.24) is 0 Å². The fourth-order valence-corrected chi connectivity index (χ4v) is 17.2. The average Bonchev–Trinajstić information content (AvgIpc) is 2.99. The Morgan fingerprint density at radius 3 is 1.23 bits per heavy atom. The Hall–Kier alpha value is -1.53. The molecule has 0 bridgehead atoms. The van der Waals surface area contributed by atoms with E-state index in [0.29, 0.717) is 11.5 Å². The quantitative estimate of drug-likeness (QED) is 0.232. The van der Waals surface area contributed by atoms with Crippen LogP contribution in [0.1, 0.15) is 115 Å². The summed E-state index contributed by atoms with van der Waals surface area (Å²) in [5.74, 6) is 1.11. The second kappa shape index (κ2) is 13.6. The average molecular weight is 579 g/mol. The Balaban J connectivity index is 2.09. The van der Waals surface area contributed by atoms with Crippen LogP contribution in [-0.4, -0.2) is 26.4 Å². The van der Waals surface area contributed by atoms with Gasteiger partial charge in [-0.05, 0) is 84.0 Å². The van der Waals surface area contributed by atoms with Crippen LogP contribution in [-0.2, 0) is 25.7 Å². The monoisotopic (exact) mass is 578 g/mol. The van der Waals surface area contributed by atoms with E-state index in [1.807, 2.05) is 0 Å². The molecule has 0 unspecified atom stereocenters. The van der Waals surface area contributed by atoms with Gasteiger partial charge in [-0.25, -0.2) is 0 Å². The molecule has 2 aliphatic rings. The Bertz CT molecular complexity index is 1070. The third kappa shape index (κ3) is 5.61. The Morgan fingerprint density at radius 2 is 0.900 bits per heavy atom. The molecule has 0 amide bonds. The molecule has 0 spiro atoms. The molecule has 40 heavy (non-hydrogen) atoms. The zero-order valence-corrected chi connectivity index (χ0v) is 28.8. The molecule has 2 aromatic rings. The zero-order valence-electron chi connectivity index (χ0n) is 26.8. The first kappa shape index (κ1) is 31.4. The highest BCUT2D eigenvalue weighted by molar-refractivity contribution is 6.93. The largest absolute Gasteiger partial charge is 0.507 e. The van der Waals surface area contributed by atoms with Crippen LogP contribution in [0.15, 0.2) is 12.1 Å². The predicted octanol–water partition coefficient (Wildman–Crippen LogP) is 9.51. The molecule has 2 aliphatic carbocycles. The fourth-order valence-electron chi connectivity index (χ4n) is 8.40. The minimum Gasteiger partial charge on any atom is -0.507 e. The highest BCUT2D eigenvalue weighted by Gasteiger charge is 2.39. The van der Waals surface area contributed by atoms with Crippen LogP contribution >= 0.6 is 0 Å². The van der Waals surface area contributed by atoms with E-state index < -0.39 is 16.1 Å². The maximum Gasteiger partial charge on any atom is 0.123 e. The topological polar surface area (TPSA) is 40.5 Å². The van der Waals surface area contributed by atoms with Crippen molar-refractivity contribution in [3.05, 3.63) is 34.4 Å². The molecule has 222 valence electrons. The number of hydrogen-bond donors (Lipinski definition) is 2. The van der Waals surface area contributed by atoms with Crippen LogP contribution < -0.4 is 10.4 Å². The molecule has 4 heteroatoms. The van der Waals surface area contributed by atoms with Crippen molar-refractivity contribution in [3.8, 4) is 22.6 Å².